The number of carbonyl (C=O) groups excluding carboxylic acids is 1. The van der Waals surface area contributed by atoms with Crippen LogP contribution in [0.1, 0.15) is 21.5 Å². The van der Waals surface area contributed by atoms with Crippen molar-refractivity contribution < 1.29 is 4.79 Å². The van der Waals surface area contributed by atoms with E-state index in [-0.39, 0.29) is 5.91 Å². The minimum Gasteiger partial charge on any atom is -0.366 e. The molecule has 108 valence electrons. The van der Waals surface area contributed by atoms with Gasteiger partial charge in [-0.05, 0) is 29.3 Å². The summed E-state index contributed by atoms with van der Waals surface area (Å²) in [5.74, 6) is -0.380. The number of anilines is 1. The molecule has 4 nitrogen and oxygen atoms in total. The molecule has 0 spiro atoms. The molecule has 2 aromatic rings. The van der Waals surface area contributed by atoms with Crippen LogP contribution in [0.15, 0.2) is 48.5 Å². The summed E-state index contributed by atoms with van der Waals surface area (Å²) >= 11 is 0. The van der Waals surface area contributed by atoms with Crippen LogP contribution in [0.5, 0.6) is 0 Å². The van der Waals surface area contributed by atoms with Crippen LogP contribution in [0.4, 0.5) is 5.69 Å². The van der Waals surface area contributed by atoms with Crippen LogP contribution in [0, 0.1) is 0 Å². The zero-order chi connectivity index (χ0) is 14.7. The highest BCUT2D eigenvalue weighted by Gasteiger charge is 2.15. The summed E-state index contributed by atoms with van der Waals surface area (Å²) in [6, 6.07) is 16.0. The number of fused-ring (bicyclic) bond motifs is 1. The number of primary amides is 1. The Kier molecular flexibility index (Phi) is 3.88. The maximum atomic E-state index is 11.3. The molecule has 21 heavy (non-hydrogen) atoms. The lowest BCUT2D eigenvalue weighted by Gasteiger charge is -2.24. The van der Waals surface area contributed by atoms with E-state index >= 15 is 0 Å². The molecular weight excluding hydrogens is 262 g/mol. The van der Waals surface area contributed by atoms with Gasteiger partial charge in [0, 0.05) is 37.4 Å². The molecular formula is C17H19N3O. The molecule has 0 radical (unpaired) electrons. The third kappa shape index (κ3) is 3.06. The molecule has 0 saturated carbocycles. The summed E-state index contributed by atoms with van der Waals surface area (Å²) in [5.41, 5.74) is 9.58. The lowest BCUT2D eigenvalue weighted by molar-refractivity contribution is 0.1000. The lowest BCUT2D eigenvalue weighted by atomic mass is 10.1. The van der Waals surface area contributed by atoms with Gasteiger partial charge < -0.3 is 16.0 Å². The number of benzene rings is 2. The minimum atomic E-state index is -0.380. The van der Waals surface area contributed by atoms with E-state index in [9.17, 15) is 4.79 Å². The number of nitrogens with one attached hydrogen (secondary N) is 1. The fourth-order valence-electron chi connectivity index (χ4n) is 2.73. The molecule has 1 aliphatic rings. The van der Waals surface area contributed by atoms with E-state index < -0.39 is 0 Å². The van der Waals surface area contributed by atoms with Gasteiger partial charge in [-0.1, -0.05) is 30.3 Å². The Morgan fingerprint density at radius 3 is 2.90 bits per heavy atom. The number of amides is 1. The molecule has 0 saturated heterocycles. The van der Waals surface area contributed by atoms with Gasteiger partial charge in [0.1, 0.15) is 0 Å². The second kappa shape index (κ2) is 5.97. The molecule has 1 amide bonds. The molecule has 0 aliphatic carbocycles. The molecule has 0 unspecified atom stereocenters. The number of nitrogens with two attached hydrogens (primary N) is 1. The Bertz CT molecular complexity index is 654. The van der Waals surface area contributed by atoms with E-state index in [4.69, 9.17) is 5.73 Å². The molecule has 0 bridgehead atoms. The van der Waals surface area contributed by atoms with Crippen molar-refractivity contribution in [3.8, 4) is 0 Å². The smallest absolute Gasteiger partial charge is 0.248 e. The average molecular weight is 281 g/mol. The Morgan fingerprint density at radius 2 is 2.05 bits per heavy atom. The minimum absolute atomic E-state index is 0.380. The average Bonchev–Trinajstić information content (AvgIpc) is 2.70. The van der Waals surface area contributed by atoms with Crippen LogP contribution in [0.3, 0.4) is 0 Å². The SMILES string of the molecule is NC(=O)c1cccc(CN2CCNCc3ccccc32)c1. The highest BCUT2D eigenvalue weighted by atomic mass is 16.1. The van der Waals surface area contributed by atoms with Crippen LogP contribution in [0.25, 0.3) is 0 Å². The van der Waals surface area contributed by atoms with Crippen LogP contribution >= 0.6 is 0 Å². The van der Waals surface area contributed by atoms with Gasteiger partial charge in [-0.15, -0.1) is 0 Å². The number of nitrogens with zero attached hydrogens (tertiary/aromatic N) is 1. The van der Waals surface area contributed by atoms with Crippen molar-refractivity contribution in [1.82, 2.24) is 5.32 Å². The number of hydrogen-bond acceptors (Lipinski definition) is 3. The van der Waals surface area contributed by atoms with Gasteiger partial charge in [0.05, 0.1) is 0 Å². The highest BCUT2D eigenvalue weighted by molar-refractivity contribution is 5.92. The molecule has 0 fully saturated rings. The Hall–Kier alpha value is -2.33. The molecule has 3 rings (SSSR count). The molecule has 3 N–H and O–H groups in total. The quantitative estimate of drug-likeness (QED) is 0.903. The van der Waals surface area contributed by atoms with Crippen molar-refractivity contribution in [1.29, 1.82) is 0 Å². The first-order valence-electron chi connectivity index (χ1n) is 7.16. The third-order valence-corrected chi connectivity index (χ3v) is 3.79. The summed E-state index contributed by atoms with van der Waals surface area (Å²) in [5, 5.41) is 3.43. The van der Waals surface area contributed by atoms with Gasteiger partial charge in [-0.3, -0.25) is 4.79 Å². The molecule has 2 aromatic carbocycles. The third-order valence-electron chi connectivity index (χ3n) is 3.79. The van der Waals surface area contributed by atoms with Crippen molar-refractivity contribution in [2.75, 3.05) is 18.0 Å². The van der Waals surface area contributed by atoms with Crippen molar-refractivity contribution in [2.45, 2.75) is 13.1 Å². The number of para-hydroxylation sites is 1. The van der Waals surface area contributed by atoms with Gasteiger partial charge >= 0.3 is 0 Å². The Balaban J connectivity index is 1.87. The van der Waals surface area contributed by atoms with Crippen LogP contribution < -0.4 is 16.0 Å². The zero-order valence-electron chi connectivity index (χ0n) is 11.9. The van der Waals surface area contributed by atoms with E-state index in [1.54, 1.807) is 6.07 Å². The first-order valence-corrected chi connectivity index (χ1v) is 7.16. The van der Waals surface area contributed by atoms with Gasteiger partial charge in [-0.2, -0.15) is 0 Å². The zero-order valence-corrected chi connectivity index (χ0v) is 11.9. The number of carbonyl (C=O) groups is 1. The summed E-state index contributed by atoms with van der Waals surface area (Å²) < 4.78 is 0. The molecule has 0 atom stereocenters. The summed E-state index contributed by atoms with van der Waals surface area (Å²) in [4.78, 5) is 13.6. The van der Waals surface area contributed by atoms with Gasteiger partial charge in [0.15, 0.2) is 0 Å². The number of hydrogen-bond donors (Lipinski definition) is 2. The molecule has 0 aromatic heterocycles. The van der Waals surface area contributed by atoms with Crippen LogP contribution in [-0.4, -0.2) is 19.0 Å². The largest absolute Gasteiger partial charge is 0.366 e. The normalized spacial score (nSPS) is 14.4. The molecule has 1 aliphatic heterocycles. The summed E-state index contributed by atoms with van der Waals surface area (Å²) in [6.45, 7) is 3.57. The van der Waals surface area contributed by atoms with Crippen molar-refractivity contribution in [3.63, 3.8) is 0 Å². The van der Waals surface area contributed by atoms with E-state index in [0.29, 0.717) is 5.56 Å². The Labute approximate surface area is 124 Å². The fraction of sp³-hybridized carbons (Fsp3) is 0.235. The maximum Gasteiger partial charge on any atom is 0.248 e. The first-order chi connectivity index (χ1) is 10.2. The fourth-order valence-corrected chi connectivity index (χ4v) is 2.73. The monoisotopic (exact) mass is 281 g/mol. The van der Waals surface area contributed by atoms with Crippen LogP contribution in [0.2, 0.25) is 0 Å². The first kappa shape index (κ1) is 13.6. The van der Waals surface area contributed by atoms with Gasteiger partial charge in [-0.25, -0.2) is 0 Å². The van der Waals surface area contributed by atoms with Crippen molar-refractivity contribution in [3.05, 3.63) is 65.2 Å². The predicted molar refractivity (Wildman–Crippen MR) is 84.2 cm³/mol. The molecule has 1 heterocycles. The maximum absolute atomic E-state index is 11.3. The second-order valence-electron chi connectivity index (χ2n) is 5.29. The standard InChI is InChI=1S/C17H19N3O/c18-17(21)14-6-3-4-13(10-14)12-20-9-8-19-11-15-5-1-2-7-16(15)20/h1-7,10,19H,8-9,11-12H2,(H2,18,21). The van der Waals surface area contributed by atoms with Crippen LogP contribution in [-0.2, 0) is 13.1 Å². The summed E-state index contributed by atoms with van der Waals surface area (Å²) in [7, 11) is 0. The van der Waals surface area contributed by atoms with Crippen molar-refractivity contribution >= 4 is 11.6 Å². The van der Waals surface area contributed by atoms with E-state index in [2.05, 4.69) is 34.5 Å². The predicted octanol–water partition coefficient (Wildman–Crippen LogP) is 1.90. The highest BCUT2D eigenvalue weighted by Crippen LogP contribution is 2.24. The lowest BCUT2D eigenvalue weighted by Crippen LogP contribution is -2.28. The topological polar surface area (TPSA) is 58.4 Å². The number of rotatable bonds is 3. The van der Waals surface area contributed by atoms with E-state index in [1.165, 1.54) is 11.3 Å². The van der Waals surface area contributed by atoms with Gasteiger partial charge in [0.2, 0.25) is 5.91 Å². The van der Waals surface area contributed by atoms with Gasteiger partial charge in [0.25, 0.3) is 0 Å². The van der Waals surface area contributed by atoms with E-state index in [0.717, 1.165) is 31.7 Å². The van der Waals surface area contributed by atoms with E-state index in [1.807, 2.05) is 18.2 Å². The molecule has 4 heteroatoms. The summed E-state index contributed by atoms with van der Waals surface area (Å²) in [6.07, 6.45) is 0. The second-order valence-corrected chi connectivity index (χ2v) is 5.29. The van der Waals surface area contributed by atoms with Crippen molar-refractivity contribution in [2.24, 2.45) is 5.73 Å². The Morgan fingerprint density at radius 1 is 1.19 bits per heavy atom.